The maximum absolute atomic E-state index is 5.96. The molecule has 0 radical (unpaired) electrons. The fourth-order valence-electron chi connectivity index (χ4n) is 2.11. The van der Waals surface area contributed by atoms with Crippen LogP contribution in [-0.2, 0) is 0 Å². The van der Waals surface area contributed by atoms with Gasteiger partial charge in [0.05, 0.1) is 18.2 Å². The number of nitrogens with two attached hydrogens (primary N) is 1. The van der Waals surface area contributed by atoms with Crippen molar-refractivity contribution in [2.24, 2.45) is 0 Å². The Hall–Kier alpha value is -2.34. The maximum atomic E-state index is 5.96. The lowest BCUT2D eigenvalue weighted by atomic mass is 10.0. The number of hydrogen-bond acceptors (Lipinski definition) is 5. The number of rotatable bonds is 3. The molecule has 0 saturated heterocycles. The Morgan fingerprint density at radius 1 is 1.19 bits per heavy atom. The summed E-state index contributed by atoms with van der Waals surface area (Å²) >= 11 is 3.41. The molecular formula is C15H12BrN3O2. The molecule has 0 bridgehead atoms. The highest BCUT2D eigenvalue weighted by molar-refractivity contribution is 9.10. The first-order chi connectivity index (χ1) is 10.2. The largest absolute Gasteiger partial charge is 0.480 e. The molecule has 3 aromatic rings. The third kappa shape index (κ3) is 2.50. The standard InChI is InChI=1S/C15H12BrN3O2/c1-20-15-11(3-2-8-18-15)13-12(14(17)19-21-13)9-4-6-10(16)7-5-9/h2-8H,1H3,(H2,17,19). The molecule has 21 heavy (non-hydrogen) atoms. The molecule has 0 amide bonds. The van der Waals surface area contributed by atoms with Gasteiger partial charge in [-0.15, -0.1) is 0 Å². The first-order valence-electron chi connectivity index (χ1n) is 6.21. The van der Waals surface area contributed by atoms with E-state index in [-0.39, 0.29) is 0 Å². The van der Waals surface area contributed by atoms with Crippen LogP contribution in [0.1, 0.15) is 0 Å². The minimum absolute atomic E-state index is 0.332. The van der Waals surface area contributed by atoms with E-state index in [0.29, 0.717) is 23.0 Å². The molecule has 5 nitrogen and oxygen atoms in total. The fraction of sp³-hybridized carbons (Fsp3) is 0.0667. The molecule has 2 heterocycles. The number of ether oxygens (including phenoxy) is 1. The molecule has 0 spiro atoms. The summed E-state index contributed by atoms with van der Waals surface area (Å²) in [6.07, 6.45) is 1.65. The normalized spacial score (nSPS) is 10.6. The molecule has 0 aliphatic heterocycles. The van der Waals surface area contributed by atoms with E-state index in [1.54, 1.807) is 13.3 Å². The van der Waals surface area contributed by atoms with E-state index in [9.17, 15) is 0 Å². The molecule has 1 aromatic carbocycles. The lowest BCUT2D eigenvalue weighted by Gasteiger charge is -2.06. The van der Waals surface area contributed by atoms with Crippen LogP contribution in [0.15, 0.2) is 51.6 Å². The molecule has 0 fully saturated rings. The van der Waals surface area contributed by atoms with Gasteiger partial charge in [-0.25, -0.2) is 4.98 Å². The van der Waals surface area contributed by atoms with Gasteiger partial charge in [0.25, 0.3) is 0 Å². The topological polar surface area (TPSA) is 74.2 Å². The predicted octanol–water partition coefficient (Wildman–Crippen LogP) is 3.76. The average molecular weight is 346 g/mol. The number of pyridine rings is 1. The van der Waals surface area contributed by atoms with Crippen LogP contribution in [0.4, 0.5) is 5.82 Å². The summed E-state index contributed by atoms with van der Waals surface area (Å²) in [5.74, 6) is 1.34. The van der Waals surface area contributed by atoms with Crippen molar-refractivity contribution in [3.63, 3.8) is 0 Å². The molecule has 0 aliphatic carbocycles. The van der Waals surface area contributed by atoms with Crippen molar-refractivity contribution in [1.29, 1.82) is 0 Å². The minimum Gasteiger partial charge on any atom is -0.480 e. The molecule has 3 rings (SSSR count). The molecule has 2 aromatic heterocycles. The predicted molar refractivity (Wildman–Crippen MR) is 83.8 cm³/mol. The second-order valence-electron chi connectivity index (χ2n) is 4.34. The summed E-state index contributed by atoms with van der Waals surface area (Å²) in [5, 5.41) is 3.87. The van der Waals surface area contributed by atoms with Gasteiger partial charge >= 0.3 is 0 Å². The van der Waals surface area contributed by atoms with Crippen molar-refractivity contribution in [3.05, 3.63) is 47.1 Å². The van der Waals surface area contributed by atoms with Gasteiger partial charge in [-0.2, -0.15) is 0 Å². The quantitative estimate of drug-likeness (QED) is 0.782. The van der Waals surface area contributed by atoms with Crippen LogP contribution >= 0.6 is 15.9 Å². The van der Waals surface area contributed by atoms with E-state index < -0.39 is 0 Å². The van der Waals surface area contributed by atoms with E-state index >= 15 is 0 Å². The van der Waals surface area contributed by atoms with Gasteiger partial charge in [-0.1, -0.05) is 33.2 Å². The van der Waals surface area contributed by atoms with Crippen LogP contribution in [0.25, 0.3) is 22.5 Å². The number of anilines is 1. The first kappa shape index (κ1) is 13.6. The van der Waals surface area contributed by atoms with Gasteiger partial charge < -0.3 is 15.0 Å². The Morgan fingerprint density at radius 2 is 1.95 bits per heavy atom. The lowest BCUT2D eigenvalue weighted by molar-refractivity contribution is 0.393. The number of halogens is 1. The summed E-state index contributed by atoms with van der Waals surface area (Å²) in [7, 11) is 1.56. The summed E-state index contributed by atoms with van der Waals surface area (Å²) < 4.78 is 11.7. The minimum atomic E-state index is 0.332. The number of nitrogens with zero attached hydrogens (tertiary/aromatic N) is 2. The molecule has 0 unspecified atom stereocenters. The second kappa shape index (κ2) is 5.57. The summed E-state index contributed by atoms with van der Waals surface area (Å²) in [4.78, 5) is 4.17. The highest BCUT2D eigenvalue weighted by Gasteiger charge is 2.20. The van der Waals surface area contributed by atoms with E-state index in [4.69, 9.17) is 15.0 Å². The second-order valence-corrected chi connectivity index (χ2v) is 5.25. The maximum Gasteiger partial charge on any atom is 0.224 e. The number of aromatic nitrogens is 2. The molecular weight excluding hydrogens is 334 g/mol. The van der Waals surface area contributed by atoms with Gasteiger partial charge in [0.2, 0.25) is 5.88 Å². The monoisotopic (exact) mass is 345 g/mol. The molecule has 0 aliphatic rings. The number of nitrogen functional groups attached to an aromatic ring is 1. The van der Waals surface area contributed by atoms with Crippen molar-refractivity contribution in [3.8, 4) is 28.3 Å². The van der Waals surface area contributed by atoms with E-state index in [1.807, 2.05) is 36.4 Å². The zero-order valence-electron chi connectivity index (χ0n) is 11.2. The molecule has 0 saturated carbocycles. The molecule has 0 atom stereocenters. The number of methoxy groups -OCH3 is 1. The Labute approximate surface area is 129 Å². The van der Waals surface area contributed by atoms with E-state index in [0.717, 1.165) is 15.6 Å². The third-order valence-corrected chi connectivity index (χ3v) is 3.59. The molecule has 2 N–H and O–H groups in total. The summed E-state index contributed by atoms with van der Waals surface area (Å²) in [6.45, 7) is 0. The van der Waals surface area contributed by atoms with Crippen molar-refractivity contribution in [2.75, 3.05) is 12.8 Å². The molecule has 6 heteroatoms. The number of benzene rings is 1. The van der Waals surface area contributed by atoms with Crippen molar-refractivity contribution >= 4 is 21.7 Å². The zero-order chi connectivity index (χ0) is 14.8. The Bertz CT molecular complexity index is 769. The van der Waals surface area contributed by atoms with Gasteiger partial charge in [0.15, 0.2) is 11.6 Å². The Morgan fingerprint density at radius 3 is 2.67 bits per heavy atom. The highest BCUT2D eigenvalue weighted by Crippen LogP contribution is 2.39. The van der Waals surface area contributed by atoms with Crippen LogP contribution in [0.3, 0.4) is 0 Å². The van der Waals surface area contributed by atoms with Crippen molar-refractivity contribution < 1.29 is 9.26 Å². The molecule has 106 valence electrons. The highest BCUT2D eigenvalue weighted by atomic mass is 79.9. The van der Waals surface area contributed by atoms with Gasteiger partial charge in [-0.3, -0.25) is 0 Å². The smallest absolute Gasteiger partial charge is 0.224 e. The SMILES string of the molecule is COc1ncccc1-c1onc(N)c1-c1ccc(Br)cc1. The Balaban J connectivity index is 2.19. The van der Waals surface area contributed by atoms with Crippen LogP contribution in [0, 0.1) is 0 Å². The zero-order valence-corrected chi connectivity index (χ0v) is 12.8. The van der Waals surface area contributed by atoms with Crippen molar-refractivity contribution in [1.82, 2.24) is 10.1 Å². The van der Waals surface area contributed by atoms with Crippen molar-refractivity contribution in [2.45, 2.75) is 0 Å². The van der Waals surface area contributed by atoms with Crippen LogP contribution < -0.4 is 10.5 Å². The van der Waals surface area contributed by atoms with Crippen LogP contribution in [-0.4, -0.2) is 17.3 Å². The Kier molecular flexibility index (Phi) is 3.62. The average Bonchev–Trinajstić information content (AvgIpc) is 2.90. The van der Waals surface area contributed by atoms with Crippen LogP contribution in [0.2, 0.25) is 0 Å². The van der Waals surface area contributed by atoms with Crippen LogP contribution in [0.5, 0.6) is 5.88 Å². The van der Waals surface area contributed by atoms with Gasteiger partial charge in [-0.05, 0) is 29.8 Å². The van der Waals surface area contributed by atoms with Gasteiger partial charge in [0.1, 0.15) is 0 Å². The van der Waals surface area contributed by atoms with E-state index in [2.05, 4.69) is 26.1 Å². The number of hydrogen-bond donors (Lipinski definition) is 1. The third-order valence-electron chi connectivity index (χ3n) is 3.06. The van der Waals surface area contributed by atoms with E-state index in [1.165, 1.54) is 0 Å². The summed E-state index contributed by atoms with van der Waals surface area (Å²) in [6, 6.07) is 11.4. The first-order valence-corrected chi connectivity index (χ1v) is 7.00. The lowest BCUT2D eigenvalue weighted by Crippen LogP contribution is -1.92. The fourth-order valence-corrected chi connectivity index (χ4v) is 2.37. The summed E-state index contributed by atoms with van der Waals surface area (Å²) in [5.41, 5.74) is 8.32. The van der Waals surface area contributed by atoms with Gasteiger partial charge in [0, 0.05) is 10.7 Å².